The molecule has 4 nitrogen and oxygen atoms in total. The third-order valence-electron chi connectivity index (χ3n) is 3.83. The van der Waals surface area contributed by atoms with Crippen LogP contribution in [0.1, 0.15) is 27.9 Å². The molecule has 0 bridgehead atoms. The summed E-state index contributed by atoms with van der Waals surface area (Å²) in [6.07, 6.45) is 0.266. The molecule has 0 aliphatic carbocycles. The molecule has 0 atom stereocenters. The zero-order valence-corrected chi connectivity index (χ0v) is 14.6. The summed E-state index contributed by atoms with van der Waals surface area (Å²) in [5.41, 5.74) is 2.81. The molecular formula is C19H21ClN2O2. The average molecular weight is 345 g/mol. The fourth-order valence-electron chi connectivity index (χ4n) is 2.31. The highest BCUT2D eigenvalue weighted by molar-refractivity contribution is 6.30. The minimum Gasteiger partial charge on any atom is -0.352 e. The van der Waals surface area contributed by atoms with Crippen LogP contribution in [0.15, 0.2) is 48.5 Å². The molecule has 0 aliphatic rings. The van der Waals surface area contributed by atoms with E-state index in [2.05, 4.69) is 5.32 Å². The smallest absolute Gasteiger partial charge is 0.251 e. The summed E-state index contributed by atoms with van der Waals surface area (Å²) < 4.78 is 0. The maximum Gasteiger partial charge on any atom is 0.251 e. The lowest BCUT2D eigenvalue weighted by atomic mass is 10.1. The van der Waals surface area contributed by atoms with Gasteiger partial charge >= 0.3 is 0 Å². The fraction of sp³-hybridized carbons (Fsp3) is 0.263. The van der Waals surface area contributed by atoms with E-state index in [4.69, 9.17) is 11.6 Å². The van der Waals surface area contributed by atoms with E-state index in [-0.39, 0.29) is 18.2 Å². The Hall–Kier alpha value is -2.33. The van der Waals surface area contributed by atoms with E-state index in [0.717, 1.165) is 11.1 Å². The van der Waals surface area contributed by atoms with Crippen LogP contribution in [-0.4, -0.2) is 30.3 Å². The van der Waals surface area contributed by atoms with E-state index in [1.807, 2.05) is 31.2 Å². The topological polar surface area (TPSA) is 49.4 Å². The van der Waals surface area contributed by atoms with Crippen molar-refractivity contribution < 1.29 is 9.59 Å². The number of aryl methyl sites for hydroxylation is 1. The molecular weight excluding hydrogens is 324 g/mol. The van der Waals surface area contributed by atoms with Gasteiger partial charge in [-0.2, -0.15) is 0 Å². The van der Waals surface area contributed by atoms with Crippen molar-refractivity contribution in [2.75, 3.05) is 13.6 Å². The van der Waals surface area contributed by atoms with Gasteiger partial charge in [-0.25, -0.2) is 0 Å². The molecule has 0 saturated heterocycles. The number of hydrogen-bond acceptors (Lipinski definition) is 2. The average Bonchev–Trinajstić information content (AvgIpc) is 2.57. The third-order valence-corrected chi connectivity index (χ3v) is 4.08. The zero-order valence-electron chi connectivity index (χ0n) is 13.9. The number of hydrogen-bond donors (Lipinski definition) is 1. The highest BCUT2D eigenvalue weighted by Gasteiger charge is 2.11. The van der Waals surface area contributed by atoms with Gasteiger partial charge in [-0.15, -0.1) is 0 Å². The molecule has 2 amide bonds. The van der Waals surface area contributed by atoms with Gasteiger partial charge < -0.3 is 10.2 Å². The first-order chi connectivity index (χ1) is 11.5. The number of nitrogens with zero attached hydrogens (tertiary/aromatic N) is 1. The maximum absolute atomic E-state index is 12.2. The second kappa shape index (κ2) is 8.50. The van der Waals surface area contributed by atoms with Gasteiger partial charge in [0.1, 0.15) is 0 Å². The lowest BCUT2D eigenvalue weighted by Crippen LogP contribution is -2.32. The van der Waals surface area contributed by atoms with E-state index >= 15 is 0 Å². The molecule has 2 aromatic carbocycles. The lowest BCUT2D eigenvalue weighted by molar-refractivity contribution is -0.130. The zero-order chi connectivity index (χ0) is 17.5. The van der Waals surface area contributed by atoms with E-state index in [1.165, 1.54) is 0 Å². The number of carbonyl (C=O) groups excluding carboxylic acids is 2. The van der Waals surface area contributed by atoms with Crippen molar-refractivity contribution in [2.45, 2.75) is 19.9 Å². The highest BCUT2D eigenvalue weighted by atomic mass is 35.5. The first-order valence-electron chi connectivity index (χ1n) is 7.79. The first-order valence-corrected chi connectivity index (χ1v) is 8.17. The van der Waals surface area contributed by atoms with E-state index in [0.29, 0.717) is 23.7 Å². The van der Waals surface area contributed by atoms with Crippen LogP contribution in [0.4, 0.5) is 0 Å². The van der Waals surface area contributed by atoms with Crippen LogP contribution in [-0.2, 0) is 11.3 Å². The number of nitrogens with one attached hydrogen (secondary N) is 1. The SMILES string of the molecule is Cc1ccccc1CN(C)C(=O)CCNC(=O)c1ccc(Cl)cc1. The lowest BCUT2D eigenvalue weighted by Gasteiger charge is -2.18. The molecule has 0 unspecified atom stereocenters. The van der Waals surface area contributed by atoms with Gasteiger partial charge in [0, 0.05) is 37.1 Å². The number of benzene rings is 2. The van der Waals surface area contributed by atoms with Gasteiger partial charge in [-0.3, -0.25) is 9.59 Å². The molecule has 0 saturated carbocycles. The van der Waals surface area contributed by atoms with Crippen LogP contribution in [0.2, 0.25) is 5.02 Å². The molecule has 2 aromatic rings. The summed E-state index contributed by atoms with van der Waals surface area (Å²) in [7, 11) is 1.77. The van der Waals surface area contributed by atoms with Crippen molar-refractivity contribution >= 4 is 23.4 Å². The maximum atomic E-state index is 12.2. The minimum atomic E-state index is -0.207. The van der Waals surface area contributed by atoms with Crippen molar-refractivity contribution in [1.82, 2.24) is 10.2 Å². The second-order valence-electron chi connectivity index (χ2n) is 5.69. The molecule has 1 N–H and O–H groups in total. The summed E-state index contributed by atoms with van der Waals surface area (Å²) in [6, 6.07) is 14.6. The summed E-state index contributed by atoms with van der Waals surface area (Å²) in [6.45, 7) is 2.90. The number of halogens is 1. The predicted molar refractivity (Wildman–Crippen MR) is 96.1 cm³/mol. The van der Waals surface area contributed by atoms with Gasteiger partial charge in [0.25, 0.3) is 5.91 Å². The molecule has 5 heteroatoms. The Bertz CT molecular complexity index is 714. The molecule has 126 valence electrons. The summed E-state index contributed by atoms with van der Waals surface area (Å²) in [5.74, 6) is -0.212. The molecule has 2 rings (SSSR count). The Balaban J connectivity index is 1.79. The molecule has 0 fully saturated rings. The monoisotopic (exact) mass is 344 g/mol. The Kier molecular flexibility index (Phi) is 6.38. The van der Waals surface area contributed by atoms with Gasteiger partial charge in [0.2, 0.25) is 5.91 Å². The van der Waals surface area contributed by atoms with Gasteiger partial charge in [0.05, 0.1) is 0 Å². The van der Waals surface area contributed by atoms with E-state index in [1.54, 1.807) is 36.2 Å². The van der Waals surface area contributed by atoms with Crippen LogP contribution in [0.3, 0.4) is 0 Å². The molecule has 0 aliphatic heterocycles. The van der Waals surface area contributed by atoms with Gasteiger partial charge in [0.15, 0.2) is 0 Å². The fourth-order valence-corrected chi connectivity index (χ4v) is 2.43. The largest absolute Gasteiger partial charge is 0.352 e. The highest BCUT2D eigenvalue weighted by Crippen LogP contribution is 2.11. The molecule has 0 aromatic heterocycles. The van der Waals surface area contributed by atoms with Gasteiger partial charge in [-0.05, 0) is 42.3 Å². The summed E-state index contributed by atoms with van der Waals surface area (Å²) in [4.78, 5) is 25.8. The number of rotatable bonds is 6. The van der Waals surface area contributed by atoms with E-state index < -0.39 is 0 Å². The summed E-state index contributed by atoms with van der Waals surface area (Å²) in [5, 5.41) is 3.33. The third kappa shape index (κ3) is 5.10. The summed E-state index contributed by atoms with van der Waals surface area (Å²) >= 11 is 5.79. The van der Waals surface area contributed by atoms with Crippen LogP contribution in [0, 0.1) is 6.92 Å². The predicted octanol–water partition coefficient (Wildman–Crippen LogP) is 3.43. The first kappa shape index (κ1) is 18.0. The Morgan fingerprint density at radius 1 is 1.08 bits per heavy atom. The van der Waals surface area contributed by atoms with Crippen LogP contribution in [0.5, 0.6) is 0 Å². The van der Waals surface area contributed by atoms with Crippen molar-refractivity contribution in [2.24, 2.45) is 0 Å². The molecule has 0 radical (unpaired) electrons. The normalized spacial score (nSPS) is 10.3. The van der Waals surface area contributed by atoms with Crippen molar-refractivity contribution in [3.63, 3.8) is 0 Å². The van der Waals surface area contributed by atoms with E-state index in [9.17, 15) is 9.59 Å². The van der Waals surface area contributed by atoms with Gasteiger partial charge in [-0.1, -0.05) is 35.9 Å². The standard InChI is InChI=1S/C19H21ClN2O2/c1-14-5-3-4-6-16(14)13-22(2)18(23)11-12-21-19(24)15-7-9-17(20)10-8-15/h3-10H,11-13H2,1-2H3,(H,21,24). The molecule has 0 heterocycles. The minimum absolute atomic E-state index is 0.00495. The number of amides is 2. The van der Waals surface area contributed by atoms with Crippen molar-refractivity contribution in [3.05, 3.63) is 70.2 Å². The van der Waals surface area contributed by atoms with Crippen molar-refractivity contribution in [3.8, 4) is 0 Å². The second-order valence-corrected chi connectivity index (χ2v) is 6.13. The van der Waals surface area contributed by atoms with Crippen molar-refractivity contribution in [1.29, 1.82) is 0 Å². The Morgan fingerprint density at radius 3 is 2.42 bits per heavy atom. The van der Waals surface area contributed by atoms with Crippen LogP contribution < -0.4 is 5.32 Å². The Labute approximate surface area is 147 Å². The van der Waals surface area contributed by atoms with Crippen LogP contribution in [0.25, 0.3) is 0 Å². The van der Waals surface area contributed by atoms with Crippen LogP contribution >= 0.6 is 11.6 Å². The number of carbonyl (C=O) groups is 2. The molecule has 0 spiro atoms. The molecule has 24 heavy (non-hydrogen) atoms. The quantitative estimate of drug-likeness (QED) is 0.872. The Morgan fingerprint density at radius 2 is 1.75 bits per heavy atom.